The average Bonchev–Trinajstić information content (AvgIpc) is 3.29. The molecule has 1 fully saturated rings. The molecule has 36 heavy (non-hydrogen) atoms. The molecule has 7 heteroatoms. The van der Waals surface area contributed by atoms with Crippen LogP contribution in [-0.2, 0) is 11.2 Å². The summed E-state index contributed by atoms with van der Waals surface area (Å²) in [6.45, 7) is 5.36. The van der Waals surface area contributed by atoms with E-state index in [4.69, 9.17) is 4.74 Å². The highest BCUT2D eigenvalue weighted by atomic mass is 19.1. The number of rotatable bonds is 8. The Bertz CT molecular complexity index is 1210. The molecule has 0 saturated carbocycles. The normalized spacial score (nSPS) is 15.3. The molecule has 0 radical (unpaired) electrons. The van der Waals surface area contributed by atoms with Gasteiger partial charge in [0.05, 0.1) is 7.11 Å². The van der Waals surface area contributed by atoms with Gasteiger partial charge < -0.3 is 19.5 Å². The van der Waals surface area contributed by atoms with Gasteiger partial charge in [-0.1, -0.05) is 26.0 Å². The van der Waals surface area contributed by atoms with E-state index in [1.807, 2.05) is 35.0 Å². The van der Waals surface area contributed by atoms with Crippen LogP contribution >= 0.6 is 0 Å². The van der Waals surface area contributed by atoms with Gasteiger partial charge in [0.1, 0.15) is 17.3 Å². The molecular formula is C29H36FN3O3. The van der Waals surface area contributed by atoms with Crippen LogP contribution in [0.15, 0.2) is 48.5 Å². The van der Waals surface area contributed by atoms with Crippen LogP contribution < -0.4 is 4.74 Å². The van der Waals surface area contributed by atoms with Gasteiger partial charge in [0, 0.05) is 43.5 Å². The first-order valence-electron chi connectivity index (χ1n) is 12.7. The van der Waals surface area contributed by atoms with Gasteiger partial charge in [-0.05, 0) is 73.1 Å². The summed E-state index contributed by atoms with van der Waals surface area (Å²) in [4.78, 5) is 33.1. The number of amides is 2. The van der Waals surface area contributed by atoms with Crippen molar-refractivity contribution in [3.8, 4) is 5.75 Å². The Morgan fingerprint density at radius 1 is 1.14 bits per heavy atom. The number of halogens is 1. The second-order valence-corrected chi connectivity index (χ2v) is 10.3. The number of hydrogen-bond donors (Lipinski definition) is 1. The smallest absolute Gasteiger partial charge is 0.270 e. The van der Waals surface area contributed by atoms with Crippen molar-refractivity contribution in [1.29, 1.82) is 0 Å². The minimum Gasteiger partial charge on any atom is -0.497 e. The summed E-state index contributed by atoms with van der Waals surface area (Å²) >= 11 is 0. The van der Waals surface area contributed by atoms with Crippen molar-refractivity contribution in [2.24, 2.45) is 11.8 Å². The molecule has 1 atom stereocenters. The molecule has 4 rings (SSSR count). The Hall–Kier alpha value is -3.35. The summed E-state index contributed by atoms with van der Waals surface area (Å²) in [5.74, 6) is 1.14. The molecule has 192 valence electrons. The van der Waals surface area contributed by atoms with Crippen molar-refractivity contribution in [2.45, 2.75) is 45.6 Å². The van der Waals surface area contributed by atoms with Crippen LogP contribution in [-0.4, -0.2) is 59.9 Å². The number of nitrogens with one attached hydrogen (secondary N) is 1. The van der Waals surface area contributed by atoms with E-state index in [2.05, 4.69) is 24.9 Å². The van der Waals surface area contributed by atoms with E-state index >= 15 is 0 Å². The summed E-state index contributed by atoms with van der Waals surface area (Å²) in [6, 6.07) is 14.2. The number of ether oxygens (including phenoxy) is 1. The Morgan fingerprint density at radius 3 is 2.58 bits per heavy atom. The number of H-pyrrole nitrogens is 1. The number of methoxy groups -OCH3 is 1. The maximum Gasteiger partial charge on any atom is 0.270 e. The zero-order valence-corrected chi connectivity index (χ0v) is 21.6. The predicted octanol–water partition coefficient (Wildman–Crippen LogP) is 5.28. The zero-order chi connectivity index (χ0) is 25.8. The van der Waals surface area contributed by atoms with Crippen LogP contribution in [0.3, 0.4) is 0 Å². The van der Waals surface area contributed by atoms with Crippen molar-refractivity contribution < 1.29 is 18.7 Å². The number of aromatic nitrogens is 1. The highest BCUT2D eigenvalue weighted by Crippen LogP contribution is 2.29. The molecule has 1 aliphatic heterocycles. The number of hydrogen-bond acceptors (Lipinski definition) is 3. The summed E-state index contributed by atoms with van der Waals surface area (Å²) in [6.07, 6.45) is 2.89. The van der Waals surface area contributed by atoms with Crippen LogP contribution in [0.2, 0.25) is 0 Å². The van der Waals surface area contributed by atoms with Gasteiger partial charge in [-0.15, -0.1) is 0 Å². The standard InChI is InChI=1S/C29H36FN3O3/c1-19(2)14-28(34)32(3)27(16-20-6-5-7-24(15-20)36-4)21-10-12-33(13-11-21)29(35)26-18-22-17-23(30)8-9-25(22)31-26/h5-9,15,17-19,21,27,31H,10-14,16H2,1-4H3. The summed E-state index contributed by atoms with van der Waals surface area (Å²) in [5.41, 5.74) is 2.36. The van der Waals surface area contributed by atoms with Gasteiger partial charge in [0.25, 0.3) is 5.91 Å². The molecule has 1 aromatic heterocycles. The number of likely N-dealkylation sites (N-methyl/N-ethyl adjacent to an activating group) is 1. The molecule has 1 N–H and O–H groups in total. The maximum absolute atomic E-state index is 13.6. The van der Waals surface area contributed by atoms with Gasteiger partial charge in [0.2, 0.25) is 5.91 Å². The van der Waals surface area contributed by atoms with Crippen molar-refractivity contribution in [3.63, 3.8) is 0 Å². The Morgan fingerprint density at radius 2 is 1.89 bits per heavy atom. The third kappa shape index (κ3) is 5.89. The second kappa shape index (κ2) is 11.1. The van der Waals surface area contributed by atoms with Crippen LogP contribution in [0, 0.1) is 17.7 Å². The Labute approximate surface area is 212 Å². The molecule has 1 saturated heterocycles. The third-order valence-electron chi connectivity index (χ3n) is 7.24. The van der Waals surface area contributed by atoms with Crippen molar-refractivity contribution in [2.75, 3.05) is 27.2 Å². The quantitative estimate of drug-likeness (QED) is 0.464. The van der Waals surface area contributed by atoms with E-state index in [0.29, 0.717) is 36.5 Å². The lowest BCUT2D eigenvalue weighted by Crippen LogP contribution is -2.48. The van der Waals surface area contributed by atoms with E-state index in [9.17, 15) is 14.0 Å². The lowest BCUT2D eigenvalue weighted by molar-refractivity contribution is -0.134. The lowest BCUT2D eigenvalue weighted by atomic mass is 9.84. The molecule has 0 bridgehead atoms. The van der Waals surface area contributed by atoms with E-state index < -0.39 is 0 Å². The average molecular weight is 494 g/mol. The summed E-state index contributed by atoms with van der Waals surface area (Å²) < 4.78 is 19.0. The first-order chi connectivity index (χ1) is 17.2. The van der Waals surface area contributed by atoms with E-state index in [1.54, 1.807) is 19.2 Å². The van der Waals surface area contributed by atoms with Gasteiger partial charge in [0.15, 0.2) is 0 Å². The fraction of sp³-hybridized carbons (Fsp3) is 0.448. The first kappa shape index (κ1) is 25.7. The van der Waals surface area contributed by atoms with E-state index in [0.717, 1.165) is 36.1 Å². The molecule has 1 unspecified atom stereocenters. The van der Waals surface area contributed by atoms with Crippen LogP contribution in [0.4, 0.5) is 4.39 Å². The maximum atomic E-state index is 13.6. The molecule has 6 nitrogen and oxygen atoms in total. The predicted molar refractivity (Wildman–Crippen MR) is 140 cm³/mol. The van der Waals surface area contributed by atoms with Gasteiger partial charge >= 0.3 is 0 Å². The van der Waals surface area contributed by atoms with Crippen molar-refractivity contribution >= 4 is 22.7 Å². The van der Waals surface area contributed by atoms with E-state index in [1.165, 1.54) is 12.1 Å². The minimum atomic E-state index is -0.320. The number of carbonyl (C=O) groups excluding carboxylic acids is 2. The lowest BCUT2D eigenvalue weighted by Gasteiger charge is -2.40. The van der Waals surface area contributed by atoms with Crippen molar-refractivity contribution in [1.82, 2.24) is 14.8 Å². The Balaban J connectivity index is 1.47. The van der Waals surface area contributed by atoms with Gasteiger partial charge in [-0.3, -0.25) is 9.59 Å². The fourth-order valence-electron chi connectivity index (χ4n) is 5.22. The third-order valence-corrected chi connectivity index (χ3v) is 7.24. The number of benzene rings is 2. The molecule has 2 aromatic carbocycles. The summed E-state index contributed by atoms with van der Waals surface area (Å²) in [5, 5.41) is 0.692. The Kier molecular flexibility index (Phi) is 7.97. The number of carbonyl (C=O) groups is 2. The molecule has 0 spiro atoms. The second-order valence-electron chi connectivity index (χ2n) is 10.3. The molecule has 0 aliphatic carbocycles. The number of nitrogens with zero attached hydrogens (tertiary/aromatic N) is 2. The summed E-state index contributed by atoms with van der Waals surface area (Å²) in [7, 11) is 3.57. The zero-order valence-electron chi connectivity index (χ0n) is 21.6. The number of fused-ring (bicyclic) bond motifs is 1. The monoisotopic (exact) mass is 493 g/mol. The molecule has 1 aliphatic rings. The SMILES string of the molecule is COc1cccc(CC(C2CCN(C(=O)c3cc4cc(F)ccc4[nH]3)CC2)N(C)C(=O)CC(C)C)c1. The minimum absolute atomic E-state index is 0.0386. The molecule has 2 heterocycles. The molecule has 3 aromatic rings. The largest absolute Gasteiger partial charge is 0.497 e. The first-order valence-corrected chi connectivity index (χ1v) is 12.7. The van der Waals surface area contributed by atoms with Crippen LogP contribution in [0.1, 0.15) is 49.2 Å². The number of aromatic amines is 1. The van der Waals surface area contributed by atoms with Crippen LogP contribution in [0.5, 0.6) is 5.75 Å². The van der Waals surface area contributed by atoms with E-state index in [-0.39, 0.29) is 29.6 Å². The topological polar surface area (TPSA) is 65.6 Å². The molecular weight excluding hydrogens is 457 g/mol. The fourth-order valence-corrected chi connectivity index (χ4v) is 5.22. The highest BCUT2D eigenvalue weighted by molar-refractivity contribution is 5.98. The number of likely N-dealkylation sites (tertiary alicyclic amines) is 1. The molecule has 2 amide bonds. The van der Waals surface area contributed by atoms with Gasteiger partial charge in [-0.2, -0.15) is 0 Å². The van der Waals surface area contributed by atoms with Crippen molar-refractivity contribution in [3.05, 3.63) is 65.6 Å². The van der Waals surface area contributed by atoms with Crippen LogP contribution in [0.25, 0.3) is 10.9 Å². The number of piperidine rings is 1. The van der Waals surface area contributed by atoms with Gasteiger partial charge in [-0.25, -0.2) is 4.39 Å². The highest BCUT2D eigenvalue weighted by Gasteiger charge is 2.33.